The number of rotatable bonds is 3. The predicted octanol–water partition coefficient (Wildman–Crippen LogP) is 1.29. The average Bonchev–Trinajstić information content (AvgIpc) is 2.17. The molecule has 4 N–H and O–H groups in total. The fourth-order valence-corrected chi connectivity index (χ4v) is 2.11. The number of hydrogen-bond acceptors (Lipinski definition) is 2. The molecule has 0 saturated carbocycles. The van der Waals surface area contributed by atoms with Crippen molar-refractivity contribution in [3.8, 4) is 0 Å². The van der Waals surface area contributed by atoms with Gasteiger partial charge in [0.05, 0.1) is 0 Å². The molecule has 2 heteroatoms. The van der Waals surface area contributed by atoms with Crippen molar-refractivity contribution in [3.63, 3.8) is 0 Å². The summed E-state index contributed by atoms with van der Waals surface area (Å²) >= 11 is 0. The van der Waals surface area contributed by atoms with Crippen LogP contribution in [0.2, 0.25) is 0 Å². The van der Waals surface area contributed by atoms with Gasteiger partial charge < -0.3 is 11.5 Å². The number of nitrogens with two attached hydrogens (primary N) is 2. The van der Waals surface area contributed by atoms with Gasteiger partial charge in [0, 0.05) is 12.0 Å². The van der Waals surface area contributed by atoms with Gasteiger partial charge in [-0.2, -0.15) is 0 Å². The molecule has 0 amide bonds. The molecule has 2 unspecified atom stereocenters. The maximum absolute atomic E-state index is 5.86. The molecule has 0 aliphatic heterocycles. The second-order valence-electron chi connectivity index (χ2n) is 4.06. The van der Waals surface area contributed by atoms with Crippen LogP contribution in [-0.4, -0.2) is 13.1 Å². The van der Waals surface area contributed by atoms with Crippen LogP contribution in [0.5, 0.6) is 0 Å². The first-order chi connectivity index (χ1) is 6.17. The molecule has 0 radical (unpaired) electrons. The van der Waals surface area contributed by atoms with E-state index in [9.17, 15) is 0 Å². The van der Waals surface area contributed by atoms with Crippen molar-refractivity contribution in [2.45, 2.75) is 13.8 Å². The van der Waals surface area contributed by atoms with Crippen LogP contribution in [-0.2, 0) is 0 Å². The van der Waals surface area contributed by atoms with Gasteiger partial charge in [0.15, 0.2) is 0 Å². The third-order valence-electron chi connectivity index (χ3n) is 3.23. The first kappa shape index (κ1) is 10.5. The lowest BCUT2D eigenvalue weighted by Gasteiger charge is -2.40. The van der Waals surface area contributed by atoms with E-state index >= 15 is 0 Å². The summed E-state index contributed by atoms with van der Waals surface area (Å²) in [6.45, 7) is 5.77. The summed E-state index contributed by atoms with van der Waals surface area (Å²) in [6.07, 6.45) is 8.54. The zero-order chi connectivity index (χ0) is 9.90. The molecular formula is C11H20N2. The Hall–Kier alpha value is -0.600. The second kappa shape index (κ2) is 4.07. The van der Waals surface area contributed by atoms with Crippen molar-refractivity contribution in [3.05, 3.63) is 24.3 Å². The van der Waals surface area contributed by atoms with Gasteiger partial charge in [0.1, 0.15) is 0 Å². The third kappa shape index (κ3) is 1.69. The molecule has 0 heterocycles. The van der Waals surface area contributed by atoms with E-state index in [4.69, 9.17) is 11.5 Å². The molecule has 0 spiro atoms. The third-order valence-corrected chi connectivity index (χ3v) is 3.23. The highest BCUT2D eigenvalue weighted by Crippen LogP contribution is 2.38. The summed E-state index contributed by atoms with van der Waals surface area (Å²) in [5, 5.41) is 0. The Balaban J connectivity index is 2.95. The predicted molar refractivity (Wildman–Crippen MR) is 57.1 cm³/mol. The summed E-state index contributed by atoms with van der Waals surface area (Å²) in [5.41, 5.74) is 11.7. The zero-order valence-electron chi connectivity index (χ0n) is 8.53. The summed E-state index contributed by atoms with van der Waals surface area (Å²) in [5.74, 6) is 0.926. The van der Waals surface area contributed by atoms with Crippen molar-refractivity contribution in [1.29, 1.82) is 0 Å². The van der Waals surface area contributed by atoms with Gasteiger partial charge in [-0.25, -0.2) is 0 Å². The highest BCUT2D eigenvalue weighted by Gasteiger charge is 2.36. The monoisotopic (exact) mass is 180 g/mol. The lowest BCUT2D eigenvalue weighted by molar-refractivity contribution is 0.199. The molecule has 0 bridgehead atoms. The number of hydrogen-bond donors (Lipinski definition) is 2. The Morgan fingerprint density at radius 2 is 2.00 bits per heavy atom. The maximum atomic E-state index is 5.86. The Labute approximate surface area is 80.7 Å². The minimum Gasteiger partial charge on any atom is -0.330 e. The van der Waals surface area contributed by atoms with E-state index in [2.05, 4.69) is 38.2 Å². The van der Waals surface area contributed by atoms with Crippen LogP contribution in [0.1, 0.15) is 13.8 Å². The Morgan fingerprint density at radius 3 is 2.38 bits per heavy atom. The van der Waals surface area contributed by atoms with Crippen molar-refractivity contribution in [2.24, 2.45) is 28.7 Å². The molecule has 2 nitrogen and oxygen atoms in total. The molecule has 13 heavy (non-hydrogen) atoms. The van der Waals surface area contributed by atoms with Crippen LogP contribution in [0.4, 0.5) is 0 Å². The van der Waals surface area contributed by atoms with Crippen LogP contribution in [0.3, 0.4) is 0 Å². The second-order valence-corrected chi connectivity index (χ2v) is 4.06. The Bertz CT molecular complexity index is 218. The van der Waals surface area contributed by atoms with Crippen molar-refractivity contribution >= 4 is 0 Å². The summed E-state index contributed by atoms with van der Waals surface area (Å²) in [7, 11) is 0. The molecular weight excluding hydrogens is 160 g/mol. The first-order valence-electron chi connectivity index (χ1n) is 4.93. The van der Waals surface area contributed by atoms with Crippen LogP contribution in [0.15, 0.2) is 24.3 Å². The van der Waals surface area contributed by atoms with E-state index in [0.717, 1.165) is 0 Å². The SMILES string of the molecule is CC(C)C1(CN)C=CC=CC1CN. The topological polar surface area (TPSA) is 52.0 Å². The molecule has 0 aromatic carbocycles. The summed E-state index contributed by atoms with van der Waals surface area (Å²) in [6, 6.07) is 0. The fraction of sp³-hybridized carbons (Fsp3) is 0.636. The van der Waals surface area contributed by atoms with Gasteiger partial charge >= 0.3 is 0 Å². The van der Waals surface area contributed by atoms with Gasteiger partial charge in [0.25, 0.3) is 0 Å². The van der Waals surface area contributed by atoms with Crippen molar-refractivity contribution < 1.29 is 0 Å². The lowest BCUT2D eigenvalue weighted by Crippen LogP contribution is -2.44. The standard InChI is InChI=1S/C11H20N2/c1-9(2)11(8-13)6-4-3-5-10(11)7-12/h3-6,9-10H,7-8,12-13H2,1-2H3. The molecule has 0 fully saturated rings. The highest BCUT2D eigenvalue weighted by molar-refractivity contribution is 5.21. The lowest BCUT2D eigenvalue weighted by atomic mass is 9.66. The molecule has 0 aromatic heterocycles. The average molecular weight is 180 g/mol. The van der Waals surface area contributed by atoms with E-state index < -0.39 is 0 Å². The van der Waals surface area contributed by atoms with E-state index in [0.29, 0.717) is 24.9 Å². The minimum atomic E-state index is 0.0729. The molecule has 74 valence electrons. The van der Waals surface area contributed by atoms with Crippen LogP contribution < -0.4 is 11.5 Å². The van der Waals surface area contributed by atoms with Gasteiger partial charge in [-0.15, -0.1) is 0 Å². The molecule has 0 saturated heterocycles. The van der Waals surface area contributed by atoms with E-state index in [1.165, 1.54) is 0 Å². The maximum Gasteiger partial charge on any atom is 0.0105 e. The molecule has 2 atom stereocenters. The van der Waals surface area contributed by atoms with E-state index in [-0.39, 0.29) is 5.41 Å². The van der Waals surface area contributed by atoms with Crippen LogP contribution >= 0.6 is 0 Å². The molecule has 1 aliphatic carbocycles. The smallest absolute Gasteiger partial charge is 0.0105 e. The van der Waals surface area contributed by atoms with Crippen LogP contribution in [0.25, 0.3) is 0 Å². The molecule has 1 rings (SSSR count). The van der Waals surface area contributed by atoms with Gasteiger partial charge in [-0.3, -0.25) is 0 Å². The van der Waals surface area contributed by atoms with Crippen molar-refractivity contribution in [2.75, 3.05) is 13.1 Å². The Morgan fingerprint density at radius 1 is 1.31 bits per heavy atom. The molecule has 0 aromatic rings. The molecule has 1 aliphatic rings. The van der Waals surface area contributed by atoms with Gasteiger partial charge in [0.2, 0.25) is 0 Å². The highest BCUT2D eigenvalue weighted by atomic mass is 14.7. The van der Waals surface area contributed by atoms with Gasteiger partial charge in [-0.1, -0.05) is 38.2 Å². The van der Waals surface area contributed by atoms with Gasteiger partial charge in [-0.05, 0) is 18.4 Å². The number of allylic oxidation sites excluding steroid dienone is 2. The quantitative estimate of drug-likeness (QED) is 0.687. The van der Waals surface area contributed by atoms with Crippen molar-refractivity contribution in [1.82, 2.24) is 0 Å². The summed E-state index contributed by atoms with van der Waals surface area (Å²) in [4.78, 5) is 0. The van der Waals surface area contributed by atoms with Crippen LogP contribution in [0, 0.1) is 17.3 Å². The normalized spacial score (nSPS) is 32.8. The van der Waals surface area contributed by atoms with E-state index in [1.807, 2.05) is 0 Å². The first-order valence-corrected chi connectivity index (χ1v) is 4.93. The summed E-state index contributed by atoms with van der Waals surface area (Å²) < 4.78 is 0. The Kier molecular flexibility index (Phi) is 3.28. The zero-order valence-corrected chi connectivity index (χ0v) is 8.53. The largest absolute Gasteiger partial charge is 0.330 e. The fourth-order valence-electron chi connectivity index (χ4n) is 2.11. The van der Waals surface area contributed by atoms with E-state index in [1.54, 1.807) is 0 Å². The minimum absolute atomic E-state index is 0.0729.